The van der Waals surface area contributed by atoms with Gasteiger partial charge in [0.15, 0.2) is 5.16 Å². The molecular formula is C23H17FN4OS. The molecule has 0 fully saturated rings. The Balaban J connectivity index is 1.58. The van der Waals surface area contributed by atoms with Crippen LogP contribution in [0.5, 0.6) is 0 Å². The van der Waals surface area contributed by atoms with E-state index in [1.807, 2.05) is 54.0 Å². The van der Waals surface area contributed by atoms with Gasteiger partial charge >= 0.3 is 0 Å². The molecule has 5 nitrogen and oxygen atoms in total. The molecule has 0 saturated carbocycles. The van der Waals surface area contributed by atoms with E-state index in [1.165, 1.54) is 28.5 Å². The summed E-state index contributed by atoms with van der Waals surface area (Å²) in [5.74, 6) is 0.196. The molecule has 0 bridgehead atoms. The van der Waals surface area contributed by atoms with Crippen molar-refractivity contribution in [3.63, 3.8) is 0 Å². The van der Waals surface area contributed by atoms with Gasteiger partial charge in [-0.3, -0.25) is 9.36 Å². The number of benzene rings is 2. The molecule has 3 heterocycles. The highest BCUT2D eigenvalue weighted by Crippen LogP contribution is 2.25. The van der Waals surface area contributed by atoms with E-state index < -0.39 is 0 Å². The van der Waals surface area contributed by atoms with Crippen LogP contribution in [-0.2, 0) is 5.75 Å². The molecule has 0 amide bonds. The Labute approximate surface area is 175 Å². The third kappa shape index (κ3) is 3.37. The average Bonchev–Trinajstić information content (AvgIpc) is 3.15. The smallest absolute Gasteiger partial charge is 0.266 e. The number of para-hydroxylation sites is 1. The van der Waals surface area contributed by atoms with Crippen LogP contribution < -0.4 is 5.56 Å². The van der Waals surface area contributed by atoms with E-state index in [4.69, 9.17) is 4.98 Å². The Morgan fingerprint density at radius 1 is 0.967 bits per heavy atom. The molecule has 5 aromatic rings. The summed E-state index contributed by atoms with van der Waals surface area (Å²) < 4.78 is 17.0. The number of nitrogens with zero attached hydrogens (tertiary/aromatic N) is 4. The average molecular weight is 416 g/mol. The fourth-order valence-corrected chi connectivity index (χ4v) is 4.29. The largest absolute Gasteiger partial charge is 0.307 e. The Morgan fingerprint density at radius 3 is 2.60 bits per heavy atom. The quantitative estimate of drug-likeness (QED) is 0.313. The Morgan fingerprint density at radius 2 is 1.77 bits per heavy atom. The standard InChI is InChI=1S/C23H17FN4OS/c1-15-6-11-21-25-17(13-27(21)12-15)14-30-23-26-20-5-3-2-4-19(20)22(29)28(23)18-9-7-16(24)8-10-18/h2-13H,14H2,1H3. The van der Waals surface area contributed by atoms with E-state index >= 15 is 0 Å². The molecule has 3 aromatic heterocycles. The summed E-state index contributed by atoms with van der Waals surface area (Å²) in [5.41, 5.74) is 3.94. The number of hydrogen-bond acceptors (Lipinski definition) is 4. The van der Waals surface area contributed by atoms with Gasteiger partial charge < -0.3 is 4.40 Å². The van der Waals surface area contributed by atoms with Gasteiger partial charge in [0, 0.05) is 18.1 Å². The maximum absolute atomic E-state index is 13.4. The molecule has 148 valence electrons. The monoisotopic (exact) mass is 416 g/mol. The van der Waals surface area contributed by atoms with E-state index in [-0.39, 0.29) is 11.4 Å². The second-order valence-electron chi connectivity index (χ2n) is 7.02. The van der Waals surface area contributed by atoms with Gasteiger partial charge in [-0.1, -0.05) is 30.0 Å². The second-order valence-corrected chi connectivity index (χ2v) is 7.96. The third-order valence-corrected chi connectivity index (χ3v) is 5.80. The number of aryl methyl sites for hydroxylation is 1. The van der Waals surface area contributed by atoms with Crippen LogP contribution in [0.2, 0.25) is 0 Å². The number of thioether (sulfide) groups is 1. The van der Waals surface area contributed by atoms with Crippen molar-refractivity contribution in [3.05, 3.63) is 100 Å². The molecule has 7 heteroatoms. The predicted octanol–water partition coefficient (Wildman–Crippen LogP) is 4.77. The van der Waals surface area contributed by atoms with Gasteiger partial charge in [0.05, 0.1) is 22.3 Å². The zero-order valence-electron chi connectivity index (χ0n) is 16.1. The lowest BCUT2D eigenvalue weighted by atomic mass is 10.2. The van der Waals surface area contributed by atoms with Crippen LogP contribution in [0.25, 0.3) is 22.2 Å². The molecular weight excluding hydrogens is 399 g/mol. The van der Waals surface area contributed by atoms with E-state index in [2.05, 4.69) is 4.98 Å². The summed E-state index contributed by atoms with van der Waals surface area (Å²) >= 11 is 1.43. The highest BCUT2D eigenvalue weighted by molar-refractivity contribution is 7.98. The first-order valence-corrected chi connectivity index (χ1v) is 10.4. The van der Waals surface area contributed by atoms with Gasteiger partial charge in [0.2, 0.25) is 0 Å². The summed E-state index contributed by atoms with van der Waals surface area (Å²) in [7, 11) is 0. The SMILES string of the molecule is Cc1ccc2nc(CSc3nc4ccccc4c(=O)n3-c3ccc(F)cc3)cn2c1. The first-order valence-electron chi connectivity index (χ1n) is 9.43. The lowest BCUT2D eigenvalue weighted by molar-refractivity contribution is 0.627. The van der Waals surface area contributed by atoms with Crippen molar-refractivity contribution in [1.29, 1.82) is 0 Å². The minimum atomic E-state index is -0.352. The molecule has 2 aromatic carbocycles. The maximum Gasteiger partial charge on any atom is 0.266 e. The van der Waals surface area contributed by atoms with E-state index in [0.717, 1.165) is 16.9 Å². The number of rotatable bonds is 4. The summed E-state index contributed by atoms with van der Waals surface area (Å²) in [4.78, 5) is 22.6. The fourth-order valence-electron chi connectivity index (χ4n) is 3.39. The van der Waals surface area contributed by atoms with Crippen molar-refractivity contribution in [3.8, 4) is 5.69 Å². The van der Waals surface area contributed by atoms with Crippen LogP contribution in [0.3, 0.4) is 0 Å². The fraction of sp³-hybridized carbons (Fsp3) is 0.0870. The van der Waals surface area contributed by atoms with Gasteiger partial charge in [-0.05, 0) is 55.0 Å². The number of hydrogen-bond donors (Lipinski definition) is 0. The normalized spacial score (nSPS) is 11.4. The first-order chi connectivity index (χ1) is 14.6. The highest BCUT2D eigenvalue weighted by atomic mass is 32.2. The molecule has 0 spiro atoms. The van der Waals surface area contributed by atoms with Crippen LogP contribution in [0.1, 0.15) is 11.3 Å². The molecule has 5 rings (SSSR count). The zero-order chi connectivity index (χ0) is 20.7. The summed E-state index contributed by atoms with van der Waals surface area (Å²) in [6.07, 6.45) is 4.01. The van der Waals surface area contributed by atoms with Gasteiger partial charge in [-0.2, -0.15) is 0 Å². The van der Waals surface area contributed by atoms with Gasteiger partial charge in [0.1, 0.15) is 11.5 Å². The molecule has 0 radical (unpaired) electrons. The van der Waals surface area contributed by atoms with E-state index in [1.54, 1.807) is 18.2 Å². The molecule has 0 saturated heterocycles. The van der Waals surface area contributed by atoms with Crippen molar-refractivity contribution in [2.45, 2.75) is 17.8 Å². The Bertz CT molecular complexity index is 1440. The molecule has 0 unspecified atom stereocenters. The van der Waals surface area contributed by atoms with Crippen molar-refractivity contribution in [2.75, 3.05) is 0 Å². The van der Waals surface area contributed by atoms with Crippen molar-refractivity contribution < 1.29 is 4.39 Å². The zero-order valence-corrected chi connectivity index (χ0v) is 16.9. The van der Waals surface area contributed by atoms with Crippen LogP contribution in [0.15, 0.2) is 83.0 Å². The summed E-state index contributed by atoms with van der Waals surface area (Å²) in [6, 6.07) is 17.1. The molecule has 0 aliphatic carbocycles. The van der Waals surface area contributed by atoms with Crippen LogP contribution >= 0.6 is 11.8 Å². The third-order valence-electron chi connectivity index (χ3n) is 4.83. The van der Waals surface area contributed by atoms with Crippen LogP contribution in [0, 0.1) is 12.7 Å². The molecule has 30 heavy (non-hydrogen) atoms. The Kier molecular flexibility index (Phi) is 4.59. The number of imidazole rings is 1. The topological polar surface area (TPSA) is 52.2 Å². The number of aromatic nitrogens is 4. The molecule has 0 aliphatic heterocycles. The molecule has 0 N–H and O–H groups in total. The maximum atomic E-state index is 13.4. The van der Waals surface area contributed by atoms with Gasteiger partial charge in [-0.15, -0.1) is 0 Å². The highest BCUT2D eigenvalue weighted by Gasteiger charge is 2.14. The van der Waals surface area contributed by atoms with E-state index in [9.17, 15) is 9.18 Å². The van der Waals surface area contributed by atoms with E-state index in [0.29, 0.717) is 27.5 Å². The van der Waals surface area contributed by atoms with Crippen molar-refractivity contribution in [2.24, 2.45) is 0 Å². The molecule has 0 aliphatic rings. The van der Waals surface area contributed by atoms with Crippen molar-refractivity contribution in [1.82, 2.24) is 18.9 Å². The molecule has 0 atom stereocenters. The predicted molar refractivity (Wildman–Crippen MR) is 117 cm³/mol. The number of pyridine rings is 1. The summed E-state index contributed by atoms with van der Waals surface area (Å²) in [5, 5.41) is 1.06. The van der Waals surface area contributed by atoms with Gasteiger partial charge in [0.25, 0.3) is 5.56 Å². The first kappa shape index (κ1) is 18.6. The lowest BCUT2D eigenvalue weighted by Crippen LogP contribution is -2.21. The minimum absolute atomic E-state index is 0.180. The van der Waals surface area contributed by atoms with Crippen molar-refractivity contribution >= 4 is 28.3 Å². The Hall–Kier alpha value is -3.45. The van der Waals surface area contributed by atoms with Gasteiger partial charge in [-0.25, -0.2) is 14.4 Å². The number of halogens is 1. The summed E-state index contributed by atoms with van der Waals surface area (Å²) in [6.45, 7) is 2.04. The minimum Gasteiger partial charge on any atom is -0.307 e. The number of fused-ring (bicyclic) bond motifs is 2. The van der Waals surface area contributed by atoms with Crippen LogP contribution in [0.4, 0.5) is 4.39 Å². The van der Waals surface area contributed by atoms with Crippen LogP contribution in [-0.4, -0.2) is 18.9 Å². The lowest BCUT2D eigenvalue weighted by Gasteiger charge is -2.12. The second kappa shape index (κ2) is 7.42.